The number of ether oxygens (including phenoxy) is 3. The van der Waals surface area contributed by atoms with E-state index in [1.165, 1.54) is 12.0 Å². The second-order valence-corrected chi connectivity index (χ2v) is 8.46. The molecule has 0 radical (unpaired) electrons. The van der Waals surface area contributed by atoms with Gasteiger partial charge in [-0.05, 0) is 37.5 Å². The van der Waals surface area contributed by atoms with Crippen LogP contribution in [0.4, 0.5) is 9.59 Å². The van der Waals surface area contributed by atoms with Crippen LogP contribution in [0.15, 0.2) is 24.8 Å². The molecule has 1 aromatic rings. The zero-order chi connectivity index (χ0) is 22.1. The summed E-state index contributed by atoms with van der Waals surface area (Å²) in [5, 5.41) is 0. The van der Waals surface area contributed by atoms with Crippen LogP contribution in [0.1, 0.15) is 43.9 Å². The molecule has 0 bridgehead atoms. The SMILES string of the molecule is C=Cc1cccc2c1CN(C(=O)O[C@@H]1CC(C(=O)OC)N(C(=O)OC(C)(C)C)C1)C2. The number of esters is 1. The predicted octanol–water partition coefficient (Wildman–Crippen LogP) is 3.33. The largest absolute Gasteiger partial charge is 0.467 e. The molecule has 1 fully saturated rings. The van der Waals surface area contributed by atoms with Crippen LogP contribution in [-0.2, 0) is 32.1 Å². The molecule has 0 spiro atoms. The topological polar surface area (TPSA) is 85.4 Å². The van der Waals surface area contributed by atoms with E-state index in [2.05, 4.69) is 6.58 Å². The maximum Gasteiger partial charge on any atom is 0.411 e. The first-order valence-corrected chi connectivity index (χ1v) is 9.89. The van der Waals surface area contributed by atoms with Crippen molar-refractivity contribution in [1.29, 1.82) is 0 Å². The molecule has 0 aliphatic carbocycles. The lowest BCUT2D eigenvalue weighted by Gasteiger charge is -2.27. The molecule has 2 amide bonds. The lowest BCUT2D eigenvalue weighted by molar-refractivity contribution is -0.145. The van der Waals surface area contributed by atoms with Crippen molar-refractivity contribution in [3.8, 4) is 0 Å². The van der Waals surface area contributed by atoms with E-state index < -0.39 is 35.9 Å². The summed E-state index contributed by atoms with van der Waals surface area (Å²) in [6.45, 7) is 9.99. The van der Waals surface area contributed by atoms with Crippen molar-refractivity contribution in [2.45, 2.75) is 58.0 Å². The zero-order valence-electron chi connectivity index (χ0n) is 17.8. The number of carbonyl (C=O) groups excluding carboxylic acids is 3. The van der Waals surface area contributed by atoms with Gasteiger partial charge in [0.15, 0.2) is 0 Å². The van der Waals surface area contributed by atoms with Crippen LogP contribution in [0, 0.1) is 0 Å². The summed E-state index contributed by atoms with van der Waals surface area (Å²) in [5.41, 5.74) is 2.39. The highest BCUT2D eigenvalue weighted by Crippen LogP contribution is 2.29. The Morgan fingerprint density at radius 2 is 1.90 bits per heavy atom. The Kier molecular flexibility index (Phi) is 6.05. The second kappa shape index (κ2) is 8.38. The molecule has 3 rings (SSSR count). The summed E-state index contributed by atoms with van der Waals surface area (Å²) in [6.07, 6.45) is 0.180. The van der Waals surface area contributed by atoms with Gasteiger partial charge in [0.2, 0.25) is 0 Å². The molecule has 30 heavy (non-hydrogen) atoms. The Bertz CT molecular complexity index is 860. The Hall–Kier alpha value is -3.03. The van der Waals surface area contributed by atoms with E-state index in [0.717, 1.165) is 16.7 Å². The molecule has 8 nitrogen and oxygen atoms in total. The third-order valence-electron chi connectivity index (χ3n) is 5.13. The number of benzene rings is 1. The number of hydrogen-bond donors (Lipinski definition) is 0. The fourth-order valence-electron chi connectivity index (χ4n) is 3.75. The van der Waals surface area contributed by atoms with Gasteiger partial charge in [-0.25, -0.2) is 14.4 Å². The minimum Gasteiger partial charge on any atom is -0.467 e. The number of likely N-dealkylation sites (tertiary alicyclic amines) is 1. The van der Waals surface area contributed by atoms with Crippen molar-refractivity contribution < 1.29 is 28.6 Å². The number of carbonyl (C=O) groups is 3. The summed E-state index contributed by atoms with van der Waals surface area (Å²) in [7, 11) is 1.26. The highest BCUT2D eigenvalue weighted by atomic mass is 16.6. The molecule has 8 heteroatoms. The van der Waals surface area contributed by atoms with E-state index in [0.29, 0.717) is 13.1 Å². The minimum absolute atomic E-state index is 0.0686. The first-order chi connectivity index (χ1) is 14.1. The van der Waals surface area contributed by atoms with Gasteiger partial charge >= 0.3 is 18.2 Å². The molecule has 0 N–H and O–H groups in total. The van der Waals surface area contributed by atoms with E-state index in [-0.39, 0.29) is 13.0 Å². The monoisotopic (exact) mass is 416 g/mol. The number of nitrogens with zero attached hydrogens (tertiary/aromatic N) is 2. The summed E-state index contributed by atoms with van der Waals surface area (Å²) in [4.78, 5) is 40.3. The molecule has 1 saturated heterocycles. The molecule has 1 unspecified atom stereocenters. The van der Waals surface area contributed by atoms with E-state index in [1.807, 2.05) is 18.2 Å². The van der Waals surface area contributed by atoms with Gasteiger partial charge in [0.05, 0.1) is 20.2 Å². The number of amides is 2. The van der Waals surface area contributed by atoms with Gasteiger partial charge in [0.1, 0.15) is 17.7 Å². The molecule has 2 atom stereocenters. The van der Waals surface area contributed by atoms with E-state index >= 15 is 0 Å². The van der Waals surface area contributed by atoms with E-state index in [4.69, 9.17) is 14.2 Å². The molecule has 162 valence electrons. The highest BCUT2D eigenvalue weighted by Gasteiger charge is 2.44. The third kappa shape index (κ3) is 4.58. The van der Waals surface area contributed by atoms with Crippen molar-refractivity contribution >= 4 is 24.2 Å². The minimum atomic E-state index is -0.856. The molecular formula is C22H28N2O6. The van der Waals surface area contributed by atoms with Crippen LogP contribution < -0.4 is 0 Å². The maximum atomic E-state index is 12.7. The van der Waals surface area contributed by atoms with Crippen LogP contribution in [-0.4, -0.2) is 59.4 Å². The van der Waals surface area contributed by atoms with Crippen LogP contribution in [0.5, 0.6) is 0 Å². The molecule has 0 saturated carbocycles. The second-order valence-electron chi connectivity index (χ2n) is 8.46. The standard InChI is InChI=1S/C22H28N2O6/c1-6-14-8-7-9-15-11-23(13-17(14)15)20(26)29-16-10-18(19(25)28-5)24(12-16)21(27)30-22(2,3)4/h6-9,16,18H,1,10-13H2,2-5H3/t16-,18?/m1/s1. The Labute approximate surface area is 176 Å². The average Bonchev–Trinajstić information content (AvgIpc) is 3.30. The highest BCUT2D eigenvalue weighted by molar-refractivity contribution is 5.82. The molecule has 2 aliphatic heterocycles. The quantitative estimate of drug-likeness (QED) is 0.555. The van der Waals surface area contributed by atoms with Crippen molar-refractivity contribution in [1.82, 2.24) is 9.80 Å². The fourth-order valence-corrected chi connectivity index (χ4v) is 3.75. The lowest BCUT2D eigenvalue weighted by atomic mass is 10.0. The number of rotatable bonds is 3. The van der Waals surface area contributed by atoms with Gasteiger partial charge < -0.3 is 14.2 Å². The Balaban J connectivity index is 1.66. The van der Waals surface area contributed by atoms with Crippen molar-refractivity contribution in [3.63, 3.8) is 0 Å². The van der Waals surface area contributed by atoms with Gasteiger partial charge in [-0.3, -0.25) is 9.80 Å². The van der Waals surface area contributed by atoms with Crippen molar-refractivity contribution in [2.24, 2.45) is 0 Å². The zero-order valence-corrected chi connectivity index (χ0v) is 17.8. The Morgan fingerprint density at radius 3 is 2.53 bits per heavy atom. The smallest absolute Gasteiger partial charge is 0.411 e. The maximum absolute atomic E-state index is 12.7. The van der Waals surface area contributed by atoms with Crippen molar-refractivity contribution in [3.05, 3.63) is 41.5 Å². The number of fused-ring (bicyclic) bond motifs is 1. The molecule has 2 heterocycles. The van der Waals surface area contributed by atoms with Gasteiger partial charge in [-0.15, -0.1) is 0 Å². The average molecular weight is 416 g/mol. The Morgan fingerprint density at radius 1 is 1.17 bits per heavy atom. The summed E-state index contributed by atoms with van der Waals surface area (Å²) < 4.78 is 15.8. The fraction of sp³-hybridized carbons (Fsp3) is 0.500. The van der Waals surface area contributed by atoms with Crippen LogP contribution in [0.2, 0.25) is 0 Å². The first-order valence-electron chi connectivity index (χ1n) is 9.89. The van der Waals surface area contributed by atoms with Gasteiger partial charge in [-0.2, -0.15) is 0 Å². The van der Waals surface area contributed by atoms with E-state index in [1.54, 1.807) is 31.7 Å². The van der Waals surface area contributed by atoms with Gasteiger partial charge in [0, 0.05) is 13.0 Å². The predicted molar refractivity (Wildman–Crippen MR) is 109 cm³/mol. The van der Waals surface area contributed by atoms with Crippen LogP contribution in [0.3, 0.4) is 0 Å². The van der Waals surface area contributed by atoms with Crippen LogP contribution >= 0.6 is 0 Å². The molecule has 1 aromatic carbocycles. The molecule has 2 aliphatic rings. The third-order valence-corrected chi connectivity index (χ3v) is 5.13. The summed E-state index contributed by atoms with van der Waals surface area (Å²) in [6, 6.07) is 5.01. The number of hydrogen-bond acceptors (Lipinski definition) is 6. The van der Waals surface area contributed by atoms with Gasteiger partial charge in [0.25, 0.3) is 0 Å². The molecular weight excluding hydrogens is 388 g/mol. The van der Waals surface area contributed by atoms with Gasteiger partial charge in [-0.1, -0.05) is 30.9 Å². The normalized spacial score (nSPS) is 20.5. The summed E-state index contributed by atoms with van der Waals surface area (Å²) >= 11 is 0. The lowest BCUT2D eigenvalue weighted by Crippen LogP contribution is -2.44. The van der Waals surface area contributed by atoms with Crippen LogP contribution in [0.25, 0.3) is 6.08 Å². The number of methoxy groups -OCH3 is 1. The molecule has 0 aromatic heterocycles. The van der Waals surface area contributed by atoms with Crippen molar-refractivity contribution in [2.75, 3.05) is 13.7 Å². The first kappa shape index (κ1) is 21.7. The van der Waals surface area contributed by atoms with E-state index in [9.17, 15) is 14.4 Å². The summed E-state index contributed by atoms with van der Waals surface area (Å²) in [5.74, 6) is -0.566.